The van der Waals surface area contributed by atoms with E-state index in [2.05, 4.69) is 15.9 Å². The van der Waals surface area contributed by atoms with Crippen LogP contribution in [0.4, 0.5) is 0 Å². The molecule has 1 amide bonds. The number of aromatic hydroxyl groups is 1. The highest BCUT2D eigenvalue weighted by molar-refractivity contribution is 9.10. The highest BCUT2D eigenvalue weighted by atomic mass is 79.9. The zero-order valence-electron chi connectivity index (χ0n) is 10.8. The highest BCUT2D eigenvalue weighted by Crippen LogP contribution is 2.33. The number of nitrogens with zero attached hydrogens (tertiary/aromatic N) is 2. The summed E-state index contributed by atoms with van der Waals surface area (Å²) in [6.45, 7) is 0. The Morgan fingerprint density at radius 1 is 1.53 bits per heavy atom. The smallest absolute Gasteiger partial charge is 0.264 e. The van der Waals surface area contributed by atoms with Crippen molar-refractivity contribution in [3.05, 3.63) is 27.7 Å². The fraction of sp³-hybridized carbons (Fsp3) is 0.231. The molecule has 0 heterocycles. The molecule has 0 aromatic heterocycles. The molecule has 0 saturated heterocycles. The number of carbonyl (C=O) groups is 1. The number of ether oxygens (including phenoxy) is 1. The topological polar surface area (TPSA) is 73.6 Å². The molecule has 5 nitrogen and oxygen atoms in total. The molecule has 0 unspecified atom stereocenters. The van der Waals surface area contributed by atoms with Gasteiger partial charge in [0.15, 0.2) is 11.5 Å². The maximum atomic E-state index is 11.8. The standard InChI is InChI=1S/C13H13BrN2O3/c1-16(2)13(18)9(7-15)4-8-5-12(19-3)11(17)6-10(8)14/h4-6,17H,1-3H3/b9-4+. The lowest BCUT2D eigenvalue weighted by Crippen LogP contribution is -2.22. The molecule has 1 aromatic carbocycles. The predicted molar refractivity (Wildman–Crippen MR) is 74.6 cm³/mol. The van der Waals surface area contributed by atoms with Gasteiger partial charge < -0.3 is 14.7 Å². The van der Waals surface area contributed by atoms with Crippen LogP contribution in [0.2, 0.25) is 0 Å². The molecule has 0 spiro atoms. The summed E-state index contributed by atoms with van der Waals surface area (Å²) in [4.78, 5) is 13.1. The van der Waals surface area contributed by atoms with Crippen LogP contribution in [-0.2, 0) is 4.79 Å². The number of halogens is 1. The van der Waals surface area contributed by atoms with E-state index in [0.29, 0.717) is 10.0 Å². The first-order valence-electron chi connectivity index (χ1n) is 5.30. The summed E-state index contributed by atoms with van der Waals surface area (Å²) in [5.74, 6) is -0.144. The van der Waals surface area contributed by atoms with Crippen LogP contribution in [0.3, 0.4) is 0 Å². The Hall–Kier alpha value is -2.00. The van der Waals surface area contributed by atoms with Crippen molar-refractivity contribution in [1.29, 1.82) is 5.26 Å². The Bertz CT molecular complexity index is 574. The van der Waals surface area contributed by atoms with Crippen molar-refractivity contribution in [2.45, 2.75) is 0 Å². The Labute approximate surface area is 119 Å². The summed E-state index contributed by atoms with van der Waals surface area (Å²) in [5, 5.41) is 18.6. The van der Waals surface area contributed by atoms with Crippen molar-refractivity contribution in [2.24, 2.45) is 0 Å². The molecule has 0 atom stereocenters. The lowest BCUT2D eigenvalue weighted by Gasteiger charge is -2.10. The summed E-state index contributed by atoms with van der Waals surface area (Å²) in [7, 11) is 4.56. The number of phenolic OH excluding ortho intramolecular Hbond substituents is 1. The average molecular weight is 325 g/mol. The van der Waals surface area contributed by atoms with Gasteiger partial charge in [-0.2, -0.15) is 5.26 Å². The number of rotatable bonds is 3. The third-order valence-corrected chi connectivity index (χ3v) is 3.04. The predicted octanol–water partition coefficient (Wildman–Crippen LogP) is 2.16. The molecule has 0 aliphatic rings. The van der Waals surface area contributed by atoms with Crippen molar-refractivity contribution in [3.8, 4) is 17.6 Å². The molecule has 1 aromatic rings. The van der Waals surface area contributed by atoms with Crippen molar-refractivity contribution < 1.29 is 14.6 Å². The summed E-state index contributed by atoms with van der Waals surface area (Å²) in [6, 6.07) is 4.84. The SMILES string of the molecule is COc1cc(/C=C(\C#N)C(=O)N(C)C)c(Br)cc1O. The summed E-state index contributed by atoms with van der Waals surface area (Å²) in [5.41, 5.74) is 0.569. The zero-order chi connectivity index (χ0) is 14.6. The van der Waals surface area contributed by atoms with Crippen LogP contribution < -0.4 is 4.74 Å². The third-order valence-electron chi connectivity index (χ3n) is 2.36. The lowest BCUT2D eigenvalue weighted by molar-refractivity contribution is -0.124. The fourth-order valence-corrected chi connectivity index (χ4v) is 1.82. The molecule has 0 fully saturated rings. The number of benzene rings is 1. The van der Waals surface area contributed by atoms with Gasteiger partial charge in [-0.3, -0.25) is 4.79 Å². The van der Waals surface area contributed by atoms with Crippen LogP contribution in [0, 0.1) is 11.3 Å². The fourth-order valence-electron chi connectivity index (χ4n) is 1.37. The number of nitriles is 1. The van der Waals surface area contributed by atoms with Crippen molar-refractivity contribution in [1.82, 2.24) is 4.90 Å². The van der Waals surface area contributed by atoms with Gasteiger partial charge in [0.25, 0.3) is 5.91 Å². The maximum Gasteiger partial charge on any atom is 0.264 e. The van der Waals surface area contributed by atoms with E-state index in [1.165, 1.54) is 24.2 Å². The van der Waals surface area contributed by atoms with Gasteiger partial charge in [0.2, 0.25) is 0 Å². The van der Waals surface area contributed by atoms with Crippen molar-refractivity contribution in [3.63, 3.8) is 0 Å². The Morgan fingerprint density at radius 3 is 2.63 bits per heavy atom. The maximum absolute atomic E-state index is 11.8. The molecule has 0 aliphatic carbocycles. The summed E-state index contributed by atoms with van der Waals surface area (Å²) < 4.78 is 5.55. The van der Waals surface area contributed by atoms with Gasteiger partial charge in [-0.25, -0.2) is 0 Å². The van der Waals surface area contributed by atoms with Crippen LogP contribution in [0.1, 0.15) is 5.56 Å². The van der Waals surface area contributed by atoms with E-state index in [9.17, 15) is 9.90 Å². The number of amides is 1. The minimum atomic E-state index is -0.388. The zero-order valence-corrected chi connectivity index (χ0v) is 12.4. The molecule has 0 saturated carbocycles. The van der Waals surface area contributed by atoms with Crippen LogP contribution in [0.5, 0.6) is 11.5 Å². The minimum Gasteiger partial charge on any atom is -0.504 e. The second-order valence-electron chi connectivity index (χ2n) is 3.91. The van der Waals surface area contributed by atoms with E-state index in [4.69, 9.17) is 10.00 Å². The summed E-state index contributed by atoms with van der Waals surface area (Å²) >= 11 is 3.26. The number of likely N-dealkylation sites (N-methyl/N-ethyl adjacent to an activating group) is 1. The second-order valence-corrected chi connectivity index (χ2v) is 4.77. The van der Waals surface area contributed by atoms with Crippen LogP contribution in [-0.4, -0.2) is 37.1 Å². The number of hydrogen-bond donors (Lipinski definition) is 1. The van der Waals surface area contributed by atoms with E-state index in [1.54, 1.807) is 20.2 Å². The van der Waals surface area contributed by atoms with Gasteiger partial charge >= 0.3 is 0 Å². The van der Waals surface area contributed by atoms with E-state index in [0.717, 1.165) is 0 Å². The number of methoxy groups -OCH3 is 1. The largest absolute Gasteiger partial charge is 0.504 e. The molecular weight excluding hydrogens is 312 g/mol. The van der Waals surface area contributed by atoms with E-state index in [1.807, 2.05) is 6.07 Å². The van der Waals surface area contributed by atoms with Crippen molar-refractivity contribution >= 4 is 27.9 Å². The lowest BCUT2D eigenvalue weighted by atomic mass is 10.1. The minimum absolute atomic E-state index is 0.00144. The monoisotopic (exact) mass is 324 g/mol. The first-order chi connectivity index (χ1) is 8.90. The van der Waals surface area contributed by atoms with Crippen LogP contribution >= 0.6 is 15.9 Å². The molecule has 0 aliphatic heterocycles. The van der Waals surface area contributed by atoms with Gasteiger partial charge in [-0.05, 0) is 23.8 Å². The van der Waals surface area contributed by atoms with Gasteiger partial charge in [-0.1, -0.05) is 15.9 Å². The Balaban J connectivity index is 3.30. The van der Waals surface area contributed by atoms with Gasteiger partial charge in [0.1, 0.15) is 11.6 Å². The Morgan fingerprint density at radius 2 is 2.16 bits per heavy atom. The Kier molecular flexibility index (Phi) is 4.95. The number of phenols is 1. The first kappa shape index (κ1) is 15.1. The molecule has 0 radical (unpaired) electrons. The number of hydrogen-bond acceptors (Lipinski definition) is 4. The van der Waals surface area contributed by atoms with Crippen molar-refractivity contribution in [2.75, 3.05) is 21.2 Å². The van der Waals surface area contributed by atoms with Crippen LogP contribution in [0.15, 0.2) is 22.2 Å². The summed E-state index contributed by atoms with van der Waals surface area (Å²) in [6.07, 6.45) is 1.44. The molecule has 100 valence electrons. The van der Waals surface area contributed by atoms with E-state index in [-0.39, 0.29) is 23.0 Å². The van der Waals surface area contributed by atoms with E-state index < -0.39 is 0 Å². The van der Waals surface area contributed by atoms with Gasteiger partial charge in [0.05, 0.1) is 7.11 Å². The molecule has 0 bridgehead atoms. The van der Waals surface area contributed by atoms with Gasteiger partial charge in [-0.15, -0.1) is 0 Å². The third kappa shape index (κ3) is 3.48. The van der Waals surface area contributed by atoms with E-state index >= 15 is 0 Å². The van der Waals surface area contributed by atoms with Crippen LogP contribution in [0.25, 0.3) is 6.08 Å². The molecule has 1 rings (SSSR count). The quantitative estimate of drug-likeness (QED) is 0.683. The number of carbonyl (C=O) groups excluding carboxylic acids is 1. The molecule has 1 N–H and O–H groups in total. The van der Waals surface area contributed by atoms with Gasteiger partial charge in [0, 0.05) is 18.6 Å². The second kappa shape index (κ2) is 6.25. The first-order valence-corrected chi connectivity index (χ1v) is 6.10. The molecular formula is C13H13BrN2O3. The normalized spacial score (nSPS) is 10.8. The highest BCUT2D eigenvalue weighted by Gasteiger charge is 2.13. The molecule has 6 heteroatoms. The molecule has 19 heavy (non-hydrogen) atoms. The average Bonchev–Trinajstić information content (AvgIpc) is 2.37.